The Labute approximate surface area is 195 Å². The summed E-state index contributed by atoms with van der Waals surface area (Å²) < 4.78 is 0. The summed E-state index contributed by atoms with van der Waals surface area (Å²) in [5.74, 6) is 0.404. The van der Waals surface area contributed by atoms with E-state index in [9.17, 15) is 14.4 Å². The first-order valence-corrected chi connectivity index (χ1v) is 11.7. The molecule has 0 unspecified atom stereocenters. The van der Waals surface area contributed by atoms with Crippen molar-refractivity contribution in [1.82, 2.24) is 0 Å². The fraction of sp³-hybridized carbons (Fsp3) is 0.160. The van der Waals surface area contributed by atoms with Gasteiger partial charge in [0, 0.05) is 28.4 Å². The molecule has 7 nitrogen and oxygen atoms in total. The molecule has 3 aromatic rings. The minimum Gasteiger partial charge on any atom is -0.326 e. The van der Waals surface area contributed by atoms with Crippen LogP contribution in [0.1, 0.15) is 17.5 Å². The van der Waals surface area contributed by atoms with Gasteiger partial charge in [0.25, 0.3) is 0 Å². The third-order valence-corrected chi connectivity index (χ3v) is 6.65. The van der Waals surface area contributed by atoms with Crippen LogP contribution in [0.25, 0.3) is 0 Å². The topological polar surface area (TPSA) is 90.5 Å². The maximum absolute atomic E-state index is 12.7. The van der Waals surface area contributed by atoms with Gasteiger partial charge in [-0.05, 0) is 47.9 Å². The number of rotatable bonds is 4. The van der Waals surface area contributed by atoms with Gasteiger partial charge in [-0.1, -0.05) is 36.4 Å². The quantitative estimate of drug-likeness (QED) is 0.521. The van der Waals surface area contributed by atoms with Gasteiger partial charge in [-0.15, -0.1) is 11.8 Å². The number of aryl methyl sites for hydroxylation is 1. The minimum atomic E-state index is -0.401. The summed E-state index contributed by atoms with van der Waals surface area (Å²) in [6, 6.07) is 20.5. The van der Waals surface area contributed by atoms with Gasteiger partial charge in [-0.2, -0.15) is 0 Å². The van der Waals surface area contributed by atoms with Gasteiger partial charge in [-0.25, -0.2) is 4.79 Å². The largest absolute Gasteiger partial charge is 0.326 e. The average molecular weight is 459 g/mol. The summed E-state index contributed by atoms with van der Waals surface area (Å²) in [6.45, 7) is 0.476. The molecule has 0 saturated heterocycles. The highest BCUT2D eigenvalue weighted by molar-refractivity contribution is 8.00. The van der Waals surface area contributed by atoms with Crippen LogP contribution in [0.5, 0.6) is 0 Å². The predicted molar refractivity (Wildman–Crippen MR) is 131 cm³/mol. The fourth-order valence-electron chi connectivity index (χ4n) is 3.96. The van der Waals surface area contributed by atoms with E-state index in [1.54, 1.807) is 11.0 Å². The predicted octanol–water partition coefficient (Wildman–Crippen LogP) is 4.85. The molecular weight excluding hydrogens is 436 g/mol. The number of fused-ring (bicyclic) bond motifs is 2. The van der Waals surface area contributed by atoms with Crippen LogP contribution in [0.4, 0.5) is 27.5 Å². The molecule has 2 heterocycles. The molecule has 3 N–H and O–H groups in total. The first-order valence-electron chi connectivity index (χ1n) is 10.7. The van der Waals surface area contributed by atoms with Crippen molar-refractivity contribution in [2.45, 2.75) is 24.3 Å². The van der Waals surface area contributed by atoms with Crippen molar-refractivity contribution in [3.05, 3.63) is 77.9 Å². The lowest BCUT2D eigenvalue weighted by atomic mass is 10.0. The first kappa shape index (κ1) is 21.1. The molecule has 0 spiro atoms. The summed E-state index contributed by atoms with van der Waals surface area (Å²) in [5, 5.41) is 8.49. The van der Waals surface area contributed by atoms with Gasteiger partial charge >= 0.3 is 6.03 Å². The van der Waals surface area contributed by atoms with E-state index >= 15 is 0 Å². The molecule has 8 heteroatoms. The van der Waals surface area contributed by atoms with Crippen molar-refractivity contribution in [2.75, 3.05) is 26.6 Å². The van der Waals surface area contributed by atoms with E-state index in [0.29, 0.717) is 36.5 Å². The van der Waals surface area contributed by atoms with Crippen LogP contribution >= 0.6 is 11.8 Å². The molecular formula is C25H22N4O3S. The van der Waals surface area contributed by atoms with E-state index in [1.165, 1.54) is 11.8 Å². The van der Waals surface area contributed by atoms with Crippen molar-refractivity contribution < 1.29 is 14.4 Å². The Morgan fingerprint density at radius 1 is 0.939 bits per heavy atom. The number of nitrogens with zero attached hydrogens (tertiary/aromatic N) is 1. The molecule has 166 valence electrons. The smallest absolute Gasteiger partial charge is 0.323 e. The van der Waals surface area contributed by atoms with Crippen LogP contribution in [0.3, 0.4) is 0 Å². The molecule has 0 saturated carbocycles. The number of hydrogen-bond donors (Lipinski definition) is 3. The Balaban J connectivity index is 1.31. The molecule has 0 fully saturated rings. The van der Waals surface area contributed by atoms with Crippen LogP contribution in [-0.4, -0.2) is 23.6 Å². The number of thioether (sulfide) groups is 1. The van der Waals surface area contributed by atoms with Gasteiger partial charge in [0.2, 0.25) is 11.8 Å². The van der Waals surface area contributed by atoms with Gasteiger partial charge in [0.1, 0.15) is 0 Å². The molecule has 0 atom stereocenters. The third kappa shape index (κ3) is 4.70. The molecule has 0 bridgehead atoms. The van der Waals surface area contributed by atoms with Crippen LogP contribution < -0.4 is 20.9 Å². The van der Waals surface area contributed by atoms with E-state index in [1.807, 2.05) is 60.7 Å². The number of benzene rings is 3. The second-order valence-corrected chi connectivity index (χ2v) is 8.95. The second kappa shape index (κ2) is 8.99. The number of urea groups is 1. The number of hydrogen-bond acceptors (Lipinski definition) is 4. The monoisotopic (exact) mass is 458 g/mol. The molecule has 2 aliphatic rings. The molecule has 0 aliphatic carbocycles. The van der Waals surface area contributed by atoms with Gasteiger partial charge in [0.05, 0.1) is 18.0 Å². The first-order chi connectivity index (χ1) is 16.0. The minimum absolute atomic E-state index is 0.0226. The van der Waals surface area contributed by atoms with Crippen LogP contribution in [-0.2, 0) is 22.6 Å². The van der Waals surface area contributed by atoms with Crippen molar-refractivity contribution in [3.63, 3.8) is 0 Å². The number of anilines is 4. The summed E-state index contributed by atoms with van der Waals surface area (Å²) in [4.78, 5) is 39.7. The molecule has 2 aliphatic heterocycles. The third-order valence-electron chi connectivity index (χ3n) is 5.61. The van der Waals surface area contributed by atoms with Crippen LogP contribution in [0.15, 0.2) is 71.6 Å². The van der Waals surface area contributed by atoms with E-state index in [-0.39, 0.29) is 11.8 Å². The lowest BCUT2D eigenvalue weighted by Crippen LogP contribution is -2.34. The maximum Gasteiger partial charge on any atom is 0.323 e. The summed E-state index contributed by atoms with van der Waals surface area (Å²) in [6.07, 6.45) is 1.17. The van der Waals surface area contributed by atoms with Gasteiger partial charge in [0.15, 0.2) is 0 Å². The van der Waals surface area contributed by atoms with E-state index < -0.39 is 6.03 Å². The molecule has 0 aromatic heterocycles. The van der Waals surface area contributed by atoms with Gasteiger partial charge in [-0.3, -0.25) is 9.59 Å². The Morgan fingerprint density at radius 3 is 2.52 bits per heavy atom. The van der Waals surface area contributed by atoms with Gasteiger partial charge < -0.3 is 20.9 Å². The molecule has 3 aromatic carbocycles. The summed E-state index contributed by atoms with van der Waals surface area (Å²) >= 11 is 1.50. The number of amides is 4. The Morgan fingerprint density at radius 2 is 1.70 bits per heavy atom. The highest BCUT2D eigenvalue weighted by atomic mass is 32.2. The van der Waals surface area contributed by atoms with Crippen molar-refractivity contribution >= 4 is 52.4 Å². The zero-order chi connectivity index (χ0) is 22.8. The summed E-state index contributed by atoms with van der Waals surface area (Å²) in [5.41, 5.74) is 4.78. The number of nitrogens with one attached hydrogen (secondary N) is 3. The molecule has 5 rings (SSSR count). The highest BCUT2D eigenvalue weighted by Gasteiger charge is 2.25. The zero-order valence-corrected chi connectivity index (χ0v) is 18.6. The Hall–Kier alpha value is -3.78. The lowest BCUT2D eigenvalue weighted by molar-refractivity contribution is -0.117. The fourth-order valence-corrected chi connectivity index (χ4v) is 4.88. The van der Waals surface area contributed by atoms with Crippen molar-refractivity contribution in [1.29, 1.82) is 0 Å². The lowest BCUT2D eigenvalue weighted by Gasteiger charge is -2.29. The van der Waals surface area contributed by atoms with E-state index in [2.05, 4.69) is 16.0 Å². The maximum atomic E-state index is 12.7. The molecule has 33 heavy (non-hydrogen) atoms. The standard InChI is InChI=1S/C25H22N4O3S/c30-23-11-7-17-6-8-18(12-20(17)28-23)26-25(32)27-19-9-10-22-21(13-19)29(24(31)15-33-22)14-16-4-2-1-3-5-16/h1-6,8-10,12-13H,7,11,14-15H2,(H,28,30)(H2,26,27,32). The number of carbonyl (C=O) groups excluding carboxylic acids is 3. The average Bonchev–Trinajstić information content (AvgIpc) is 2.81. The van der Waals surface area contributed by atoms with Crippen LogP contribution in [0.2, 0.25) is 0 Å². The highest BCUT2D eigenvalue weighted by Crippen LogP contribution is 2.38. The molecule has 0 radical (unpaired) electrons. The normalized spacial score (nSPS) is 14.7. The van der Waals surface area contributed by atoms with Crippen molar-refractivity contribution in [3.8, 4) is 0 Å². The Kier molecular flexibility index (Phi) is 5.75. The second-order valence-electron chi connectivity index (χ2n) is 7.94. The summed E-state index contributed by atoms with van der Waals surface area (Å²) in [7, 11) is 0. The van der Waals surface area contributed by atoms with E-state index in [4.69, 9.17) is 0 Å². The molecule has 4 amide bonds. The van der Waals surface area contributed by atoms with Crippen molar-refractivity contribution in [2.24, 2.45) is 0 Å². The number of carbonyl (C=O) groups is 3. The SMILES string of the molecule is O=C1CCc2ccc(NC(=O)Nc3ccc4c(c3)N(Cc3ccccc3)C(=O)CS4)cc2N1. The van der Waals surface area contributed by atoms with Crippen LogP contribution in [0, 0.1) is 0 Å². The Bertz CT molecular complexity index is 1250. The van der Waals surface area contributed by atoms with E-state index in [0.717, 1.165) is 27.4 Å². The zero-order valence-electron chi connectivity index (χ0n) is 17.8.